The highest BCUT2D eigenvalue weighted by molar-refractivity contribution is 7.07. The van der Waals surface area contributed by atoms with Crippen molar-refractivity contribution in [2.45, 2.75) is 25.5 Å². The van der Waals surface area contributed by atoms with Gasteiger partial charge in [0.1, 0.15) is 18.1 Å². The van der Waals surface area contributed by atoms with Gasteiger partial charge >= 0.3 is 0 Å². The molecule has 4 aromatic carbocycles. The predicted molar refractivity (Wildman–Crippen MR) is 169 cm³/mol. The van der Waals surface area contributed by atoms with E-state index in [0.717, 1.165) is 69.4 Å². The maximum absolute atomic E-state index is 14.1. The smallest absolute Gasteiger partial charge is 0.271 e. The Bertz CT molecular complexity index is 2130. The van der Waals surface area contributed by atoms with Gasteiger partial charge in [-0.05, 0) is 71.5 Å². The fraction of sp³-hybridized carbons (Fsp3) is 0.167. The number of para-hydroxylation sites is 1. The van der Waals surface area contributed by atoms with E-state index in [1.165, 1.54) is 16.9 Å². The molecule has 0 saturated heterocycles. The molecule has 1 atom stereocenters. The van der Waals surface area contributed by atoms with Crippen molar-refractivity contribution in [1.29, 1.82) is 0 Å². The molecule has 0 N–H and O–H groups in total. The maximum atomic E-state index is 14.1. The number of aryl methyl sites for hydroxylation is 1. The molecule has 3 aliphatic rings. The maximum Gasteiger partial charge on any atom is 0.271 e. The molecular formula is C36H28N2O5S. The van der Waals surface area contributed by atoms with Gasteiger partial charge in [-0.3, -0.25) is 9.36 Å². The Balaban J connectivity index is 1.15. The number of rotatable bonds is 6. The highest BCUT2D eigenvalue weighted by Crippen LogP contribution is 2.43. The number of thiazole rings is 1. The summed E-state index contributed by atoms with van der Waals surface area (Å²) < 4.78 is 25.1. The van der Waals surface area contributed by atoms with Crippen LogP contribution in [0.4, 0.5) is 0 Å². The number of ether oxygens (including phenoxy) is 4. The van der Waals surface area contributed by atoms with E-state index in [1.807, 2.05) is 71.3 Å². The van der Waals surface area contributed by atoms with Gasteiger partial charge in [0.05, 0.1) is 23.4 Å². The van der Waals surface area contributed by atoms with Gasteiger partial charge in [0.15, 0.2) is 16.3 Å². The van der Waals surface area contributed by atoms with Crippen molar-refractivity contribution >= 4 is 23.1 Å². The van der Waals surface area contributed by atoms with Crippen molar-refractivity contribution < 1.29 is 18.9 Å². The van der Waals surface area contributed by atoms with Crippen molar-refractivity contribution in [2.75, 3.05) is 13.9 Å². The summed E-state index contributed by atoms with van der Waals surface area (Å²) in [6.45, 7) is 0.655. The molecule has 8 heteroatoms. The first kappa shape index (κ1) is 26.5. The van der Waals surface area contributed by atoms with E-state index in [0.29, 0.717) is 15.9 Å². The molecule has 3 heterocycles. The van der Waals surface area contributed by atoms with Crippen LogP contribution in [-0.4, -0.2) is 18.5 Å². The fourth-order valence-electron chi connectivity index (χ4n) is 6.20. The largest absolute Gasteiger partial charge is 0.496 e. The Hall–Kier alpha value is -5.08. The Labute approximate surface area is 257 Å². The summed E-state index contributed by atoms with van der Waals surface area (Å²) in [7, 11) is 1.68. The zero-order valence-electron chi connectivity index (χ0n) is 24.0. The molecule has 0 unspecified atom stereocenters. The zero-order chi connectivity index (χ0) is 29.6. The number of hydrogen-bond acceptors (Lipinski definition) is 7. The standard InChI is InChI=1S/C36H28N2O5S/c1-40-29-9-5-4-8-27(29)34-28-16-13-24-6-2-3-7-26(24)33(28)37-36-38(34)35(39)32(44-36)19-22-10-14-25(15-11-22)41-20-23-12-17-30-31(18-23)43-21-42-30/h2-12,14-15,17-19,34H,13,16,20-21H2,1H3/b32-19+/t34-/m0/s1. The quantitative estimate of drug-likeness (QED) is 0.253. The van der Waals surface area contributed by atoms with Gasteiger partial charge in [0.2, 0.25) is 6.79 Å². The minimum Gasteiger partial charge on any atom is -0.496 e. The third-order valence-corrected chi connectivity index (χ3v) is 9.31. The van der Waals surface area contributed by atoms with E-state index < -0.39 is 0 Å². The molecule has 1 aliphatic carbocycles. The Kier molecular flexibility index (Phi) is 6.56. The Morgan fingerprint density at radius 2 is 1.77 bits per heavy atom. The molecule has 0 bridgehead atoms. The monoisotopic (exact) mass is 600 g/mol. The van der Waals surface area contributed by atoms with Crippen LogP contribution >= 0.6 is 11.3 Å². The first-order chi connectivity index (χ1) is 21.7. The molecule has 0 spiro atoms. The second kappa shape index (κ2) is 10.9. The topological polar surface area (TPSA) is 71.3 Å². The van der Waals surface area contributed by atoms with E-state index in [-0.39, 0.29) is 18.4 Å². The molecule has 0 amide bonds. The van der Waals surface area contributed by atoms with Crippen LogP contribution in [0.2, 0.25) is 0 Å². The summed E-state index contributed by atoms with van der Waals surface area (Å²) in [6.07, 6.45) is 3.67. The Morgan fingerprint density at radius 3 is 2.66 bits per heavy atom. The van der Waals surface area contributed by atoms with Crippen LogP contribution in [-0.2, 0) is 13.0 Å². The van der Waals surface area contributed by atoms with Crippen LogP contribution in [0.1, 0.15) is 40.3 Å². The van der Waals surface area contributed by atoms with Crippen LogP contribution in [0.3, 0.4) is 0 Å². The lowest BCUT2D eigenvalue weighted by Crippen LogP contribution is -2.38. The highest BCUT2D eigenvalue weighted by Gasteiger charge is 2.34. The Morgan fingerprint density at radius 1 is 0.955 bits per heavy atom. The van der Waals surface area contributed by atoms with Crippen molar-refractivity contribution in [3.8, 4) is 23.0 Å². The average molecular weight is 601 g/mol. The molecule has 8 rings (SSSR count). The molecule has 2 aliphatic heterocycles. The first-order valence-electron chi connectivity index (χ1n) is 14.5. The lowest BCUT2D eigenvalue weighted by molar-refractivity contribution is 0.174. The van der Waals surface area contributed by atoms with Gasteiger partial charge < -0.3 is 18.9 Å². The van der Waals surface area contributed by atoms with Crippen LogP contribution < -0.4 is 33.8 Å². The summed E-state index contributed by atoms with van der Waals surface area (Å²) in [5, 5.41) is 0. The molecule has 218 valence electrons. The number of hydrogen-bond donors (Lipinski definition) is 0. The van der Waals surface area contributed by atoms with Gasteiger partial charge in [-0.15, -0.1) is 0 Å². The molecule has 0 saturated carbocycles. The molecule has 1 aromatic heterocycles. The van der Waals surface area contributed by atoms with Gasteiger partial charge in [0, 0.05) is 11.1 Å². The van der Waals surface area contributed by atoms with Gasteiger partial charge in [-0.2, -0.15) is 0 Å². The molecule has 44 heavy (non-hydrogen) atoms. The molecule has 0 fully saturated rings. The lowest BCUT2D eigenvalue weighted by atomic mass is 9.83. The third-order valence-electron chi connectivity index (χ3n) is 8.33. The van der Waals surface area contributed by atoms with E-state index in [9.17, 15) is 4.79 Å². The molecule has 0 radical (unpaired) electrons. The highest BCUT2D eigenvalue weighted by atomic mass is 32.1. The van der Waals surface area contributed by atoms with Gasteiger partial charge in [-0.25, -0.2) is 4.99 Å². The van der Waals surface area contributed by atoms with Crippen molar-refractivity contribution in [3.63, 3.8) is 0 Å². The number of aromatic nitrogens is 1. The predicted octanol–water partition coefficient (Wildman–Crippen LogP) is 5.64. The second-order valence-corrected chi connectivity index (χ2v) is 11.9. The number of methoxy groups -OCH3 is 1. The van der Waals surface area contributed by atoms with E-state index >= 15 is 0 Å². The lowest BCUT2D eigenvalue weighted by Gasteiger charge is -2.31. The molecular weight excluding hydrogens is 572 g/mol. The van der Waals surface area contributed by atoms with Crippen LogP contribution in [0, 0.1) is 0 Å². The molecule has 7 nitrogen and oxygen atoms in total. The molecule has 5 aromatic rings. The minimum absolute atomic E-state index is 0.0572. The number of benzene rings is 4. The normalized spacial score (nSPS) is 16.6. The minimum atomic E-state index is -0.292. The van der Waals surface area contributed by atoms with Crippen molar-refractivity contribution in [1.82, 2.24) is 4.57 Å². The second-order valence-electron chi connectivity index (χ2n) is 10.9. The number of allylic oxidation sites excluding steroid dienone is 1. The van der Waals surface area contributed by atoms with E-state index in [2.05, 4.69) is 30.3 Å². The first-order valence-corrected chi connectivity index (χ1v) is 15.4. The van der Waals surface area contributed by atoms with Crippen LogP contribution in [0.5, 0.6) is 23.0 Å². The zero-order valence-corrected chi connectivity index (χ0v) is 24.8. The van der Waals surface area contributed by atoms with E-state index in [4.69, 9.17) is 23.9 Å². The average Bonchev–Trinajstić information content (AvgIpc) is 3.66. The van der Waals surface area contributed by atoms with Crippen molar-refractivity contribution in [3.05, 3.63) is 144 Å². The van der Waals surface area contributed by atoms with Gasteiger partial charge in [-0.1, -0.05) is 72.0 Å². The van der Waals surface area contributed by atoms with Crippen molar-refractivity contribution in [2.24, 2.45) is 4.99 Å². The van der Waals surface area contributed by atoms with E-state index in [1.54, 1.807) is 7.11 Å². The third kappa shape index (κ3) is 4.59. The van der Waals surface area contributed by atoms with Crippen LogP contribution in [0.15, 0.2) is 106 Å². The number of nitrogens with zero attached hydrogens (tertiary/aromatic N) is 2. The van der Waals surface area contributed by atoms with Crippen LogP contribution in [0.25, 0.3) is 11.8 Å². The summed E-state index contributed by atoms with van der Waals surface area (Å²) in [5.74, 6) is 2.99. The van der Waals surface area contributed by atoms with Gasteiger partial charge in [0.25, 0.3) is 5.56 Å². The summed E-state index contributed by atoms with van der Waals surface area (Å²) in [5.41, 5.74) is 7.36. The summed E-state index contributed by atoms with van der Waals surface area (Å²) in [6, 6.07) is 29.7. The number of fused-ring (bicyclic) bond motifs is 4. The summed E-state index contributed by atoms with van der Waals surface area (Å²) in [4.78, 5) is 19.9. The SMILES string of the molecule is COc1ccccc1[C@H]1C2=C(N=c3s/c(=C/c4ccc(OCc5ccc6c(c5)OCO6)cc4)c(=O)n31)c1ccccc1CC2. The fourth-order valence-corrected chi connectivity index (χ4v) is 7.20. The summed E-state index contributed by atoms with van der Waals surface area (Å²) >= 11 is 1.42.